The van der Waals surface area contributed by atoms with Crippen molar-refractivity contribution in [1.82, 2.24) is 0 Å². The fourth-order valence-corrected chi connectivity index (χ4v) is 3.56. The predicted molar refractivity (Wildman–Crippen MR) is 102 cm³/mol. The van der Waals surface area contributed by atoms with Crippen LogP contribution in [0.15, 0.2) is 42.5 Å². The quantitative estimate of drug-likeness (QED) is 0.775. The van der Waals surface area contributed by atoms with Crippen LogP contribution in [-0.2, 0) is 27.3 Å². The van der Waals surface area contributed by atoms with E-state index in [1.807, 2.05) is 49.4 Å². The number of amides is 1. The highest BCUT2D eigenvalue weighted by molar-refractivity contribution is 5.93. The lowest BCUT2D eigenvalue weighted by atomic mass is 9.94. The van der Waals surface area contributed by atoms with Crippen molar-refractivity contribution in [2.75, 3.05) is 26.1 Å². The van der Waals surface area contributed by atoms with Crippen molar-refractivity contribution in [1.29, 1.82) is 0 Å². The second-order valence-corrected chi connectivity index (χ2v) is 6.81. The first-order valence-electron chi connectivity index (χ1n) is 8.95. The minimum absolute atomic E-state index is 0.165. The van der Waals surface area contributed by atoms with E-state index in [0.29, 0.717) is 24.4 Å². The minimum Gasteiger partial charge on any atom is -0.495 e. The third kappa shape index (κ3) is 4.28. The molecule has 0 saturated heterocycles. The van der Waals surface area contributed by atoms with E-state index in [9.17, 15) is 9.59 Å². The van der Waals surface area contributed by atoms with Crippen LogP contribution in [-0.4, -0.2) is 38.7 Å². The van der Waals surface area contributed by atoms with Gasteiger partial charge in [-0.25, -0.2) is 4.79 Å². The summed E-state index contributed by atoms with van der Waals surface area (Å²) < 4.78 is 10.3. The number of carbonyl (C=O) groups excluding carboxylic acids is 2. The monoisotopic (exact) mass is 369 g/mol. The Morgan fingerprint density at radius 3 is 2.59 bits per heavy atom. The molecule has 0 bridgehead atoms. The van der Waals surface area contributed by atoms with Gasteiger partial charge in [0.05, 0.1) is 19.9 Å². The van der Waals surface area contributed by atoms with E-state index < -0.39 is 6.04 Å². The van der Waals surface area contributed by atoms with Gasteiger partial charge < -0.3 is 19.7 Å². The molecule has 2 atom stereocenters. The average molecular weight is 369 g/mol. The largest absolute Gasteiger partial charge is 0.495 e. The maximum atomic E-state index is 12.7. The molecule has 0 saturated carbocycles. The second-order valence-electron chi connectivity index (χ2n) is 6.81. The summed E-state index contributed by atoms with van der Waals surface area (Å²) in [7, 11) is 2.96. The zero-order valence-corrected chi connectivity index (χ0v) is 15.9. The van der Waals surface area contributed by atoms with Gasteiger partial charge in [0, 0.05) is 12.0 Å². The Morgan fingerprint density at radius 2 is 1.89 bits per heavy atom. The molecule has 1 heterocycles. The molecule has 6 nitrogen and oxygen atoms in total. The van der Waals surface area contributed by atoms with E-state index in [1.165, 1.54) is 7.11 Å². The molecular weight excluding hydrogens is 344 g/mol. The van der Waals surface area contributed by atoms with Crippen molar-refractivity contribution in [2.24, 2.45) is 0 Å². The number of fused-ring (bicyclic) bond motifs is 1. The Bertz CT molecular complexity index is 850. The molecule has 1 unspecified atom stereocenters. The van der Waals surface area contributed by atoms with Crippen molar-refractivity contribution in [2.45, 2.75) is 25.9 Å². The minimum atomic E-state index is -0.393. The number of aryl methyl sites for hydroxylation is 1. The fourth-order valence-electron chi connectivity index (χ4n) is 3.56. The van der Waals surface area contributed by atoms with E-state index in [0.717, 1.165) is 21.6 Å². The van der Waals surface area contributed by atoms with Gasteiger partial charge in [0.2, 0.25) is 0 Å². The number of esters is 1. The molecule has 6 heteroatoms. The molecule has 0 radical (unpaired) electrons. The zero-order chi connectivity index (χ0) is 19.4. The molecule has 1 amide bonds. The number of hydrogen-bond acceptors (Lipinski definition) is 4. The van der Waals surface area contributed by atoms with Crippen LogP contribution in [0.25, 0.3) is 0 Å². The summed E-state index contributed by atoms with van der Waals surface area (Å²) in [6.45, 7) is 2.73. The lowest BCUT2D eigenvalue weighted by molar-refractivity contribution is -0.924. The van der Waals surface area contributed by atoms with Crippen molar-refractivity contribution in [3.05, 3.63) is 59.2 Å². The third-order valence-corrected chi connectivity index (χ3v) is 4.96. The van der Waals surface area contributed by atoms with Crippen LogP contribution in [0.1, 0.15) is 16.7 Å². The Morgan fingerprint density at radius 1 is 1.15 bits per heavy atom. The maximum absolute atomic E-state index is 12.7. The molecule has 27 heavy (non-hydrogen) atoms. The Balaban J connectivity index is 1.77. The van der Waals surface area contributed by atoms with E-state index in [-0.39, 0.29) is 18.4 Å². The highest BCUT2D eigenvalue weighted by Crippen LogP contribution is 2.25. The van der Waals surface area contributed by atoms with Crippen molar-refractivity contribution >= 4 is 17.6 Å². The highest BCUT2D eigenvalue weighted by atomic mass is 16.5. The van der Waals surface area contributed by atoms with E-state index >= 15 is 0 Å². The van der Waals surface area contributed by atoms with Crippen LogP contribution in [0.5, 0.6) is 5.75 Å². The summed E-state index contributed by atoms with van der Waals surface area (Å²) in [5, 5.41) is 2.91. The fraction of sp³-hybridized carbons (Fsp3) is 0.333. The van der Waals surface area contributed by atoms with E-state index in [1.54, 1.807) is 7.11 Å². The summed E-state index contributed by atoms with van der Waals surface area (Å²) in [5.74, 6) is 0.153. The molecule has 2 N–H and O–H groups in total. The highest BCUT2D eigenvalue weighted by Gasteiger charge is 2.37. The molecule has 0 fully saturated rings. The first kappa shape index (κ1) is 18.9. The Hall–Kier alpha value is -2.86. The van der Waals surface area contributed by atoms with Crippen LogP contribution in [0.4, 0.5) is 5.69 Å². The van der Waals surface area contributed by atoms with Gasteiger partial charge in [-0.3, -0.25) is 4.79 Å². The molecular formula is C21H25N2O4+. The lowest BCUT2D eigenvalue weighted by Gasteiger charge is -2.31. The number of hydrogen-bond donors (Lipinski definition) is 2. The van der Waals surface area contributed by atoms with Gasteiger partial charge in [-0.2, -0.15) is 0 Å². The Labute approximate surface area is 159 Å². The number of benzene rings is 2. The molecule has 142 valence electrons. The van der Waals surface area contributed by atoms with Crippen LogP contribution in [0.2, 0.25) is 0 Å². The molecule has 1 aliphatic rings. The molecule has 0 aliphatic carbocycles. The maximum Gasteiger partial charge on any atom is 0.365 e. The van der Waals surface area contributed by atoms with Crippen molar-refractivity contribution in [3.8, 4) is 5.75 Å². The van der Waals surface area contributed by atoms with Gasteiger partial charge in [-0.15, -0.1) is 0 Å². The van der Waals surface area contributed by atoms with Gasteiger partial charge in [0.1, 0.15) is 12.3 Å². The van der Waals surface area contributed by atoms with Crippen LogP contribution in [0, 0.1) is 6.92 Å². The van der Waals surface area contributed by atoms with E-state index in [4.69, 9.17) is 9.47 Å². The second kappa shape index (κ2) is 8.22. The topological polar surface area (TPSA) is 69.1 Å². The SMILES string of the molecule is COC(=O)[C@H]1Cc2ccccc2C[NH+]1CC(=O)Nc1cc(C)ccc1OC. The summed E-state index contributed by atoms with van der Waals surface area (Å²) >= 11 is 0. The molecule has 2 aromatic carbocycles. The predicted octanol–water partition coefficient (Wildman–Crippen LogP) is 1.12. The molecule has 1 aliphatic heterocycles. The van der Waals surface area contributed by atoms with Crippen LogP contribution in [0.3, 0.4) is 0 Å². The first-order valence-corrected chi connectivity index (χ1v) is 8.95. The first-order chi connectivity index (χ1) is 13.0. The van der Waals surface area contributed by atoms with Crippen LogP contribution < -0.4 is 15.0 Å². The summed E-state index contributed by atoms with van der Waals surface area (Å²) in [6.07, 6.45) is 0.569. The number of carbonyl (C=O) groups is 2. The average Bonchev–Trinajstić information content (AvgIpc) is 2.67. The van der Waals surface area contributed by atoms with Crippen LogP contribution >= 0.6 is 0 Å². The molecule has 0 aromatic heterocycles. The normalized spacial score (nSPS) is 18.3. The van der Waals surface area contributed by atoms with Gasteiger partial charge >= 0.3 is 5.97 Å². The van der Waals surface area contributed by atoms with Crippen molar-refractivity contribution in [3.63, 3.8) is 0 Å². The lowest BCUT2D eigenvalue weighted by Crippen LogP contribution is -3.17. The molecule has 2 aromatic rings. The number of ether oxygens (including phenoxy) is 2. The molecule has 0 spiro atoms. The van der Waals surface area contributed by atoms with E-state index in [2.05, 4.69) is 5.32 Å². The number of rotatable bonds is 5. The summed E-state index contributed by atoms with van der Waals surface area (Å²) in [6, 6.07) is 13.2. The standard InChI is InChI=1S/C21H24N2O4/c1-14-8-9-19(26-2)17(10-14)22-20(24)13-23-12-16-7-5-4-6-15(16)11-18(23)21(25)27-3/h4-10,18H,11-13H2,1-3H3,(H,22,24)/p+1/t18-/m1/s1. The van der Waals surface area contributed by atoms with Gasteiger partial charge in [-0.05, 0) is 30.2 Å². The van der Waals surface area contributed by atoms with Gasteiger partial charge in [0.25, 0.3) is 5.91 Å². The number of nitrogens with one attached hydrogen (secondary N) is 2. The number of anilines is 1. The van der Waals surface area contributed by atoms with Crippen molar-refractivity contribution < 1.29 is 24.0 Å². The zero-order valence-electron chi connectivity index (χ0n) is 15.9. The smallest absolute Gasteiger partial charge is 0.365 e. The third-order valence-electron chi connectivity index (χ3n) is 4.96. The number of quaternary nitrogens is 1. The summed E-state index contributed by atoms with van der Waals surface area (Å²) in [5.41, 5.74) is 3.96. The summed E-state index contributed by atoms with van der Waals surface area (Å²) in [4.78, 5) is 25.8. The number of methoxy groups -OCH3 is 2. The van der Waals surface area contributed by atoms with Gasteiger partial charge in [-0.1, -0.05) is 30.3 Å². The molecule has 3 rings (SSSR count). The van der Waals surface area contributed by atoms with Gasteiger partial charge in [0.15, 0.2) is 12.6 Å². The Kier molecular flexibility index (Phi) is 5.76.